The van der Waals surface area contributed by atoms with Crippen molar-refractivity contribution in [1.82, 2.24) is 10.2 Å². The minimum absolute atomic E-state index is 0.0814. The van der Waals surface area contributed by atoms with Gasteiger partial charge in [-0.1, -0.05) is 18.2 Å². The Bertz CT molecular complexity index is 1090. The van der Waals surface area contributed by atoms with Crippen molar-refractivity contribution in [3.05, 3.63) is 75.8 Å². The van der Waals surface area contributed by atoms with Crippen molar-refractivity contribution in [2.24, 2.45) is 0 Å². The summed E-state index contributed by atoms with van der Waals surface area (Å²) in [5, 5.41) is 22.5. The summed E-state index contributed by atoms with van der Waals surface area (Å²) in [5.74, 6) is 0.411. The topological polar surface area (TPSA) is 110 Å². The number of carbonyl (C=O) groups is 1. The minimum Gasteiger partial charge on any atom is -0.378 e. The van der Waals surface area contributed by atoms with Gasteiger partial charge in [0.2, 0.25) is 0 Å². The van der Waals surface area contributed by atoms with Gasteiger partial charge in [0.15, 0.2) is 5.82 Å². The number of hydrogen-bond acceptors (Lipinski definition) is 7. The molecule has 1 fully saturated rings. The van der Waals surface area contributed by atoms with Crippen LogP contribution in [0.1, 0.15) is 15.9 Å². The summed E-state index contributed by atoms with van der Waals surface area (Å²) in [6, 6.07) is 15.5. The van der Waals surface area contributed by atoms with E-state index in [0.29, 0.717) is 24.5 Å². The predicted molar refractivity (Wildman–Crippen MR) is 116 cm³/mol. The van der Waals surface area contributed by atoms with Gasteiger partial charge in [-0.15, -0.1) is 10.2 Å². The average Bonchev–Trinajstić information content (AvgIpc) is 2.80. The molecule has 0 aliphatic carbocycles. The highest BCUT2D eigenvalue weighted by Gasteiger charge is 2.16. The average molecular weight is 419 g/mol. The fourth-order valence-electron chi connectivity index (χ4n) is 3.32. The Morgan fingerprint density at radius 1 is 1.06 bits per heavy atom. The molecule has 2 heterocycles. The molecule has 1 N–H and O–H groups in total. The van der Waals surface area contributed by atoms with Crippen molar-refractivity contribution in [1.29, 1.82) is 0 Å². The number of aromatic nitrogens is 2. The fourth-order valence-corrected chi connectivity index (χ4v) is 3.32. The van der Waals surface area contributed by atoms with Gasteiger partial charge in [0.1, 0.15) is 0 Å². The van der Waals surface area contributed by atoms with Crippen LogP contribution in [0.4, 0.5) is 17.2 Å². The van der Waals surface area contributed by atoms with Crippen LogP contribution >= 0.6 is 0 Å². The maximum absolute atomic E-state index is 12.5. The zero-order valence-corrected chi connectivity index (χ0v) is 16.9. The summed E-state index contributed by atoms with van der Waals surface area (Å²) < 4.78 is 5.35. The smallest absolute Gasteiger partial charge is 0.273 e. The number of nitrogens with one attached hydrogen (secondary N) is 1. The van der Waals surface area contributed by atoms with Crippen LogP contribution in [-0.2, 0) is 4.74 Å². The lowest BCUT2D eigenvalue weighted by atomic mass is 10.1. The van der Waals surface area contributed by atoms with Gasteiger partial charge in [0.05, 0.1) is 23.8 Å². The number of anilines is 2. The number of aryl methyl sites for hydroxylation is 1. The SMILES string of the molecule is Cc1ccc(C(=O)Nc2ccc(-c3ccc(N4CCOCC4)nn3)cc2)cc1[N+](=O)[O-]. The van der Waals surface area contributed by atoms with Gasteiger partial charge in [-0.2, -0.15) is 0 Å². The first-order chi connectivity index (χ1) is 15.0. The maximum atomic E-state index is 12.5. The van der Waals surface area contributed by atoms with E-state index in [1.54, 1.807) is 31.2 Å². The molecule has 0 bridgehead atoms. The standard InChI is InChI=1S/C22H21N5O4/c1-15-2-3-17(14-20(15)27(29)30)22(28)23-18-6-4-16(5-7-18)19-8-9-21(25-24-19)26-10-12-31-13-11-26/h2-9,14H,10-13H2,1H3,(H,23,28). The normalized spacial score (nSPS) is 13.6. The van der Waals surface area contributed by atoms with Crippen molar-refractivity contribution >= 4 is 23.1 Å². The van der Waals surface area contributed by atoms with Crippen LogP contribution in [0.3, 0.4) is 0 Å². The number of benzene rings is 2. The molecule has 0 unspecified atom stereocenters. The third kappa shape index (κ3) is 4.67. The minimum atomic E-state index is -0.494. The Kier molecular flexibility index (Phi) is 5.85. The monoisotopic (exact) mass is 419 g/mol. The summed E-state index contributed by atoms with van der Waals surface area (Å²) >= 11 is 0. The molecule has 1 saturated heterocycles. The Morgan fingerprint density at radius 2 is 1.81 bits per heavy atom. The predicted octanol–water partition coefficient (Wildman–Crippen LogP) is 3.45. The first kappa shape index (κ1) is 20.4. The summed E-state index contributed by atoms with van der Waals surface area (Å²) in [7, 11) is 0. The van der Waals surface area contributed by atoms with Crippen molar-refractivity contribution in [3.8, 4) is 11.3 Å². The third-order valence-corrected chi connectivity index (χ3v) is 5.09. The lowest BCUT2D eigenvalue weighted by Crippen LogP contribution is -2.36. The molecule has 3 aromatic rings. The number of nitro groups is 1. The summed E-state index contributed by atoms with van der Waals surface area (Å²) in [6.45, 7) is 4.60. The number of rotatable bonds is 5. The molecule has 1 aliphatic heterocycles. The van der Waals surface area contributed by atoms with E-state index in [9.17, 15) is 14.9 Å². The van der Waals surface area contributed by atoms with Crippen molar-refractivity contribution in [3.63, 3.8) is 0 Å². The van der Waals surface area contributed by atoms with Crippen LogP contribution in [-0.4, -0.2) is 47.3 Å². The van der Waals surface area contributed by atoms with Crippen molar-refractivity contribution in [2.45, 2.75) is 6.92 Å². The highest BCUT2D eigenvalue weighted by Crippen LogP contribution is 2.23. The number of nitrogens with zero attached hydrogens (tertiary/aromatic N) is 4. The zero-order chi connectivity index (χ0) is 21.8. The molecule has 158 valence electrons. The van der Waals surface area contributed by atoms with E-state index in [1.165, 1.54) is 6.07 Å². The molecule has 4 rings (SSSR count). The fraction of sp³-hybridized carbons (Fsp3) is 0.227. The van der Waals surface area contributed by atoms with E-state index in [0.717, 1.165) is 30.2 Å². The summed E-state index contributed by atoms with van der Waals surface area (Å²) in [5.41, 5.74) is 2.82. The quantitative estimate of drug-likeness (QED) is 0.498. The van der Waals surface area contributed by atoms with Crippen LogP contribution < -0.4 is 10.2 Å². The van der Waals surface area contributed by atoms with E-state index < -0.39 is 10.8 Å². The number of nitro benzene ring substituents is 1. The van der Waals surface area contributed by atoms with Crippen molar-refractivity contribution < 1.29 is 14.5 Å². The van der Waals surface area contributed by atoms with Gasteiger partial charge in [-0.25, -0.2) is 0 Å². The molecular formula is C22H21N5O4. The molecule has 2 aromatic carbocycles. The Labute approximate surface area is 178 Å². The second-order valence-corrected chi connectivity index (χ2v) is 7.17. The molecule has 1 aromatic heterocycles. The maximum Gasteiger partial charge on any atom is 0.273 e. The van der Waals surface area contributed by atoms with Crippen LogP contribution in [0.15, 0.2) is 54.6 Å². The van der Waals surface area contributed by atoms with Crippen molar-refractivity contribution in [2.75, 3.05) is 36.5 Å². The van der Waals surface area contributed by atoms with Gasteiger partial charge in [-0.05, 0) is 37.3 Å². The lowest BCUT2D eigenvalue weighted by molar-refractivity contribution is -0.385. The summed E-state index contributed by atoms with van der Waals surface area (Å²) in [4.78, 5) is 25.2. The Morgan fingerprint density at radius 3 is 2.45 bits per heavy atom. The van der Waals surface area contributed by atoms with Gasteiger partial charge < -0.3 is 15.0 Å². The molecule has 1 amide bonds. The summed E-state index contributed by atoms with van der Waals surface area (Å²) in [6.07, 6.45) is 0. The number of amides is 1. The number of ether oxygens (including phenoxy) is 1. The number of morpholine rings is 1. The van der Waals surface area contributed by atoms with E-state index in [-0.39, 0.29) is 11.3 Å². The molecule has 0 radical (unpaired) electrons. The Balaban J connectivity index is 1.44. The number of hydrogen-bond donors (Lipinski definition) is 1. The highest BCUT2D eigenvalue weighted by molar-refractivity contribution is 6.04. The Hall–Kier alpha value is -3.85. The third-order valence-electron chi connectivity index (χ3n) is 5.09. The van der Waals surface area contributed by atoms with Gasteiger partial charge >= 0.3 is 0 Å². The van der Waals surface area contributed by atoms with E-state index in [4.69, 9.17) is 4.74 Å². The van der Waals surface area contributed by atoms with E-state index in [1.807, 2.05) is 24.3 Å². The highest BCUT2D eigenvalue weighted by atomic mass is 16.6. The van der Waals surface area contributed by atoms with E-state index in [2.05, 4.69) is 20.4 Å². The van der Waals surface area contributed by atoms with Gasteiger partial charge in [0, 0.05) is 41.5 Å². The molecule has 9 heteroatoms. The molecule has 0 saturated carbocycles. The first-order valence-corrected chi connectivity index (χ1v) is 9.84. The second-order valence-electron chi connectivity index (χ2n) is 7.17. The van der Waals surface area contributed by atoms with Gasteiger partial charge in [-0.3, -0.25) is 14.9 Å². The molecule has 0 spiro atoms. The van der Waals surface area contributed by atoms with Gasteiger partial charge in [0.25, 0.3) is 11.6 Å². The first-order valence-electron chi connectivity index (χ1n) is 9.84. The van der Waals surface area contributed by atoms with E-state index >= 15 is 0 Å². The number of carbonyl (C=O) groups excluding carboxylic acids is 1. The molecule has 9 nitrogen and oxygen atoms in total. The molecule has 1 aliphatic rings. The zero-order valence-electron chi connectivity index (χ0n) is 16.9. The lowest BCUT2D eigenvalue weighted by Gasteiger charge is -2.27. The molecule has 31 heavy (non-hydrogen) atoms. The molecule has 0 atom stereocenters. The van der Waals surface area contributed by atoms with Crippen LogP contribution in [0.5, 0.6) is 0 Å². The van der Waals surface area contributed by atoms with Crippen LogP contribution in [0.25, 0.3) is 11.3 Å². The molecular weight excluding hydrogens is 398 g/mol. The second kappa shape index (κ2) is 8.88. The largest absolute Gasteiger partial charge is 0.378 e. The van der Waals surface area contributed by atoms with Crippen LogP contribution in [0, 0.1) is 17.0 Å². The van der Waals surface area contributed by atoms with Crippen LogP contribution in [0.2, 0.25) is 0 Å².